The average molecular weight is 155 g/mol. The van der Waals surface area contributed by atoms with Crippen LogP contribution in [0.3, 0.4) is 0 Å². The Hall–Kier alpha value is -1.09. The molecule has 1 N–H and O–H groups in total. The number of methoxy groups -OCH3 is 1. The standard InChI is InChI=1S/C8H13NO2/c1-7(6-9-10)4-5-8(2)11-3/h4-6,8-9H,1H2,2-3H3/b5-4-,9-6+. The van der Waals surface area contributed by atoms with Crippen molar-refractivity contribution in [1.29, 1.82) is 0 Å². The molecule has 0 saturated carbocycles. The molecule has 1 unspecified atom stereocenters. The molecule has 0 fully saturated rings. The zero-order valence-corrected chi connectivity index (χ0v) is 6.83. The molecule has 1 atom stereocenters. The Balaban J connectivity index is 3.82. The Bertz CT molecular complexity index is 173. The van der Waals surface area contributed by atoms with Crippen LogP contribution in [0.5, 0.6) is 0 Å². The Labute approximate surface area is 66.7 Å². The summed E-state index contributed by atoms with van der Waals surface area (Å²) in [6, 6.07) is 0. The molecule has 0 aliphatic rings. The van der Waals surface area contributed by atoms with Crippen molar-refractivity contribution in [2.45, 2.75) is 13.0 Å². The number of ether oxygens (including phenoxy) is 1. The molecule has 0 aromatic carbocycles. The summed E-state index contributed by atoms with van der Waals surface area (Å²) in [6.07, 6.45) is 4.86. The van der Waals surface area contributed by atoms with Crippen LogP contribution in [0.1, 0.15) is 6.92 Å². The van der Waals surface area contributed by atoms with Crippen molar-refractivity contribution in [3.8, 4) is 0 Å². The maximum Gasteiger partial charge on any atom is 0.179 e. The van der Waals surface area contributed by atoms with Gasteiger partial charge in [0.25, 0.3) is 0 Å². The van der Waals surface area contributed by atoms with Crippen LogP contribution in [0.25, 0.3) is 0 Å². The van der Waals surface area contributed by atoms with Gasteiger partial charge in [0.2, 0.25) is 0 Å². The van der Waals surface area contributed by atoms with Crippen LogP contribution in [-0.2, 0) is 4.74 Å². The SMILES string of the molecule is C=C(/C=C\C(C)OC)/C=[NH+]/[O-]. The van der Waals surface area contributed by atoms with Crippen molar-refractivity contribution in [3.05, 3.63) is 29.5 Å². The smallest absolute Gasteiger partial charge is 0.179 e. The summed E-state index contributed by atoms with van der Waals surface area (Å²) in [6.45, 7) is 5.49. The normalized spacial score (nSPS) is 14.4. The highest BCUT2D eigenvalue weighted by molar-refractivity contribution is 5.76. The minimum atomic E-state index is 0.0480. The highest BCUT2D eigenvalue weighted by atomic mass is 16.5. The molecule has 0 heterocycles. The Morgan fingerprint density at radius 1 is 1.73 bits per heavy atom. The Morgan fingerprint density at radius 3 is 2.82 bits per heavy atom. The largest absolute Gasteiger partial charge is 0.625 e. The van der Waals surface area contributed by atoms with Crippen LogP contribution in [0, 0.1) is 5.21 Å². The Kier molecular flexibility index (Phi) is 5.11. The molecule has 0 radical (unpaired) electrons. The monoisotopic (exact) mass is 155 g/mol. The number of hydrogen-bond acceptors (Lipinski definition) is 2. The Morgan fingerprint density at radius 2 is 2.36 bits per heavy atom. The van der Waals surface area contributed by atoms with Gasteiger partial charge in [-0.25, -0.2) is 5.16 Å². The molecular weight excluding hydrogens is 142 g/mol. The van der Waals surface area contributed by atoms with Crippen LogP contribution < -0.4 is 5.16 Å². The van der Waals surface area contributed by atoms with E-state index in [-0.39, 0.29) is 6.10 Å². The molecule has 3 nitrogen and oxygen atoms in total. The number of rotatable bonds is 4. The van der Waals surface area contributed by atoms with Crippen molar-refractivity contribution >= 4 is 6.21 Å². The fourth-order valence-corrected chi connectivity index (χ4v) is 0.461. The lowest BCUT2D eigenvalue weighted by Gasteiger charge is -2.00. The van der Waals surface area contributed by atoms with Crippen molar-refractivity contribution in [2.24, 2.45) is 0 Å². The third kappa shape index (κ3) is 5.36. The minimum absolute atomic E-state index is 0.0480. The fraction of sp³-hybridized carbons (Fsp3) is 0.375. The van der Waals surface area contributed by atoms with Crippen molar-refractivity contribution in [3.63, 3.8) is 0 Å². The first-order chi connectivity index (χ1) is 5.20. The highest BCUT2D eigenvalue weighted by Crippen LogP contribution is 1.93. The maximum atomic E-state index is 9.82. The van der Waals surface area contributed by atoms with E-state index >= 15 is 0 Å². The van der Waals surface area contributed by atoms with Crippen LogP contribution in [-0.4, -0.2) is 19.4 Å². The average Bonchev–Trinajstić information content (AvgIpc) is 2.01. The molecule has 0 aliphatic carbocycles. The zero-order valence-electron chi connectivity index (χ0n) is 6.83. The van der Waals surface area contributed by atoms with Gasteiger partial charge in [0.05, 0.1) is 6.10 Å². The number of allylic oxidation sites excluding steroid dienone is 2. The molecule has 0 rings (SSSR count). The predicted molar refractivity (Wildman–Crippen MR) is 45.1 cm³/mol. The zero-order chi connectivity index (χ0) is 8.69. The third-order valence-corrected chi connectivity index (χ3v) is 1.20. The summed E-state index contributed by atoms with van der Waals surface area (Å²) >= 11 is 0. The summed E-state index contributed by atoms with van der Waals surface area (Å²) < 4.78 is 4.94. The van der Waals surface area contributed by atoms with Crippen LogP contribution >= 0.6 is 0 Å². The first-order valence-electron chi connectivity index (χ1n) is 3.31. The molecule has 0 aromatic rings. The third-order valence-electron chi connectivity index (χ3n) is 1.20. The van der Waals surface area contributed by atoms with E-state index in [1.54, 1.807) is 18.3 Å². The first kappa shape index (κ1) is 9.91. The molecule has 0 aliphatic heterocycles. The van der Waals surface area contributed by atoms with Gasteiger partial charge in [-0.05, 0) is 6.92 Å². The summed E-state index contributed by atoms with van der Waals surface area (Å²) in [4.78, 5) is 0. The lowest BCUT2D eigenvalue weighted by molar-refractivity contribution is -0.366. The molecule has 11 heavy (non-hydrogen) atoms. The van der Waals surface area contributed by atoms with Crippen LogP contribution in [0.4, 0.5) is 0 Å². The molecule has 0 bridgehead atoms. The molecule has 62 valence electrons. The van der Waals surface area contributed by atoms with E-state index in [9.17, 15) is 5.21 Å². The molecule has 0 saturated heterocycles. The molecule has 0 spiro atoms. The van der Waals surface area contributed by atoms with E-state index in [4.69, 9.17) is 4.74 Å². The second kappa shape index (κ2) is 5.68. The summed E-state index contributed by atoms with van der Waals surface area (Å²) in [5.41, 5.74) is 0.629. The van der Waals surface area contributed by atoms with Crippen molar-refractivity contribution in [2.75, 3.05) is 7.11 Å². The van der Waals surface area contributed by atoms with E-state index in [0.717, 1.165) is 0 Å². The maximum absolute atomic E-state index is 9.82. The number of hydrogen-bond donors (Lipinski definition) is 1. The van der Waals surface area contributed by atoms with Gasteiger partial charge >= 0.3 is 0 Å². The molecule has 0 aromatic heterocycles. The second-order valence-electron chi connectivity index (χ2n) is 2.14. The van der Waals surface area contributed by atoms with Gasteiger partial charge in [0, 0.05) is 12.7 Å². The van der Waals surface area contributed by atoms with E-state index in [1.165, 1.54) is 6.21 Å². The van der Waals surface area contributed by atoms with Gasteiger partial charge in [0.1, 0.15) is 0 Å². The van der Waals surface area contributed by atoms with Crippen molar-refractivity contribution < 1.29 is 9.89 Å². The van der Waals surface area contributed by atoms with E-state index in [2.05, 4.69) is 6.58 Å². The quantitative estimate of drug-likeness (QED) is 0.264. The van der Waals surface area contributed by atoms with Gasteiger partial charge in [0.15, 0.2) is 6.21 Å². The molecular formula is C8H13NO2. The molecule has 3 heteroatoms. The van der Waals surface area contributed by atoms with Crippen LogP contribution in [0.15, 0.2) is 24.3 Å². The topological polar surface area (TPSA) is 46.3 Å². The number of nitrogens with one attached hydrogen (secondary N) is 1. The lowest BCUT2D eigenvalue weighted by atomic mass is 10.2. The fourth-order valence-electron chi connectivity index (χ4n) is 0.461. The van der Waals surface area contributed by atoms with Gasteiger partial charge in [-0.3, -0.25) is 0 Å². The lowest BCUT2D eigenvalue weighted by Crippen LogP contribution is -2.60. The highest BCUT2D eigenvalue weighted by Gasteiger charge is 1.90. The minimum Gasteiger partial charge on any atom is -0.625 e. The van der Waals surface area contributed by atoms with Crippen LogP contribution in [0.2, 0.25) is 0 Å². The summed E-state index contributed by atoms with van der Waals surface area (Å²) in [5, 5.41) is 11.5. The van der Waals surface area contributed by atoms with Gasteiger partial charge in [-0.2, -0.15) is 0 Å². The van der Waals surface area contributed by atoms with Gasteiger partial charge < -0.3 is 9.94 Å². The predicted octanol–water partition coefficient (Wildman–Crippen LogP) is -0.217. The second-order valence-corrected chi connectivity index (χ2v) is 2.14. The van der Waals surface area contributed by atoms with Crippen molar-refractivity contribution in [1.82, 2.24) is 0 Å². The first-order valence-corrected chi connectivity index (χ1v) is 3.31. The molecule has 0 amide bonds. The van der Waals surface area contributed by atoms with Gasteiger partial charge in [-0.15, -0.1) is 0 Å². The summed E-state index contributed by atoms with van der Waals surface area (Å²) in [7, 11) is 1.62. The van der Waals surface area contributed by atoms with Gasteiger partial charge in [-0.1, -0.05) is 18.7 Å². The van der Waals surface area contributed by atoms with E-state index in [0.29, 0.717) is 5.57 Å². The van der Waals surface area contributed by atoms with E-state index in [1.807, 2.05) is 13.0 Å². The summed E-state index contributed by atoms with van der Waals surface area (Å²) in [5.74, 6) is 0. The van der Waals surface area contributed by atoms with E-state index < -0.39 is 0 Å².